The van der Waals surface area contributed by atoms with Gasteiger partial charge >= 0.3 is 12.0 Å². The number of likely N-dealkylation sites (N-methyl/N-ethyl adjacent to an activating group) is 1. The first-order valence-electron chi connectivity index (χ1n) is 5.68. The number of carboxylic acids is 1. The lowest BCUT2D eigenvalue weighted by molar-refractivity contribution is -0.119. The molecule has 0 aliphatic rings. The van der Waals surface area contributed by atoms with E-state index in [0.717, 1.165) is 0 Å². The molecule has 0 bridgehead atoms. The lowest BCUT2D eigenvalue weighted by Crippen LogP contribution is -2.38. The summed E-state index contributed by atoms with van der Waals surface area (Å²) < 4.78 is 0. The molecule has 0 aromatic heterocycles. The molecule has 0 fully saturated rings. The molecule has 0 saturated carbocycles. The van der Waals surface area contributed by atoms with Crippen LogP contribution in [0.3, 0.4) is 0 Å². The summed E-state index contributed by atoms with van der Waals surface area (Å²) in [6, 6.07) is 5.24. The summed E-state index contributed by atoms with van der Waals surface area (Å²) in [7, 11) is 0. The number of anilines is 1. The Morgan fingerprint density at radius 1 is 1.21 bits per heavy atom. The number of hydrogen-bond acceptors (Lipinski definition) is 3. The Hall–Kier alpha value is -2.57. The Morgan fingerprint density at radius 3 is 2.58 bits per heavy atom. The van der Waals surface area contributed by atoms with Crippen LogP contribution >= 0.6 is 0 Å². The van der Waals surface area contributed by atoms with E-state index < -0.39 is 12.0 Å². The van der Waals surface area contributed by atoms with Crippen LogP contribution in [-0.2, 0) is 4.79 Å². The van der Waals surface area contributed by atoms with E-state index >= 15 is 0 Å². The first-order chi connectivity index (χ1) is 9.02. The van der Waals surface area contributed by atoms with Crippen molar-refractivity contribution in [1.29, 1.82) is 0 Å². The minimum Gasteiger partial charge on any atom is -0.478 e. The van der Waals surface area contributed by atoms with Crippen molar-refractivity contribution < 1.29 is 19.5 Å². The van der Waals surface area contributed by atoms with Crippen LogP contribution < -0.4 is 16.0 Å². The largest absolute Gasteiger partial charge is 0.478 e. The predicted octanol–water partition coefficient (Wildman–Crippen LogP) is 0.642. The van der Waals surface area contributed by atoms with Gasteiger partial charge < -0.3 is 21.1 Å². The molecule has 1 rings (SSSR count). The number of aromatic carboxylic acids is 1. The fraction of sp³-hybridized carbons (Fsp3) is 0.250. The van der Waals surface area contributed by atoms with Crippen molar-refractivity contribution in [3.63, 3.8) is 0 Å². The standard InChI is InChI=1S/C12H15N3O4/c1-2-13-10(16)7-14-12(19)15-9-5-3-4-8(6-9)11(17)18/h3-6H,2,7H2,1H3,(H,13,16)(H,17,18)(H2,14,15,19). The number of amides is 3. The predicted molar refractivity (Wildman–Crippen MR) is 69.1 cm³/mol. The van der Waals surface area contributed by atoms with Crippen LogP contribution in [0.1, 0.15) is 17.3 Å². The van der Waals surface area contributed by atoms with Gasteiger partial charge in [-0.2, -0.15) is 0 Å². The van der Waals surface area contributed by atoms with Gasteiger partial charge in [-0.1, -0.05) is 6.07 Å². The van der Waals surface area contributed by atoms with Gasteiger partial charge in [0.2, 0.25) is 5.91 Å². The fourth-order valence-corrected chi connectivity index (χ4v) is 1.33. The molecule has 102 valence electrons. The number of urea groups is 1. The summed E-state index contributed by atoms with van der Waals surface area (Å²) in [4.78, 5) is 33.3. The Bertz CT molecular complexity index is 488. The number of carbonyl (C=O) groups is 3. The van der Waals surface area contributed by atoms with Crippen molar-refractivity contribution in [2.45, 2.75) is 6.92 Å². The van der Waals surface area contributed by atoms with Crippen LogP contribution in [0.25, 0.3) is 0 Å². The molecule has 3 amide bonds. The highest BCUT2D eigenvalue weighted by atomic mass is 16.4. The zero-order valence-corrected chi connectivity index (χ0v) is 10.4. The number of rotatable bonds is 5. The second-order valence-electron chi connectivity index (χ2n) is 3.65. The third-order valence-corrected chi connectivity index (χ3v) is 2.15. The van der Waals surface area contributed by atoms with E-state index in [0.29, 0.717) is 12.2 Å². The number of carbonyl (C=O) groups excluding carboxylic acids is 2. The minimum absolute atomic E-state index is 0.0709. The summed E-state index contributed by atoms with van der Waals surface area (Å²) in [6.07, 6.45) is 0. The summed E-state index contributed by atoms with van der Waals surface area (Å²) in [5, 5.41) is 16.1. The molecular formula is C12H15N3O4. The topological polar surface area (TPSA) is 108 Å². The number of hydrogen-bond donors (Lipinski definition) is 4. The van der Waals surface area contributed by atoms with E-state index in [1.54, 1.807) is 13.0 Å². The quantitative estimate of drug-likeness (QED) is 0.626. The maximum absolute atomic E-state index is 11.5. The van der Waals surface area contributed by atoms with Gasteiger partial charge in [0.1, 0.15) is 0 Å². The van der Waals surface area contributed by atoms with Crippen molar-refractivity contribution in [2.75, 3.05) is 18.4 Å². The van der Waals surface area contributed by atoms with Crippen LogP contribution in [0, 0.1) is 0 Å². The second kappa shape index (κ2) is 7.00. The molecule has 0 spiro atoms. The van der Waals surface area contributed by atoms with E-state index in [-0.39, 0.29) is 18.0 Å². The molecule has 7 heteroatoms. The van der Waals surface area contributed by atoms with Gasteiger partial charge in [-0.15, -0.1) is 0 Å². The molecule has 0 radical (unpaired) electrons. The van der Waals surface area contributed by atoms with E-state index in [9.17, 15) is 14.4 Å². The van der Waals surface area contributed by atoms with E-state index in [1.165, 1.54) is 18.2 Å². The lowest BCUT2D eigenvalue weighted by Gasteiger charge is -2.08. The average Bonchev–Trinajstić information content (AvgIpc) is 2.37. The highest BCUT2D eigenvalue weighted by molar-refractivity contribution is 5.94. The van der Waals surface area contributed by atoms with Crippen LogP contribution in [0.2, 0.25) is 0 Å². The Kier molecular flexibility index (Phi) is 5.34. The van der Waals surface area contributed by atoms with E-state index in [4.69, 9.17) is 5.11 Å². The molecule has 0 atom stereocenters. The molecule has 19 heavy (non-hydrogen) atoms. The third kappa shape index (κ3) is 5.07. The SMILES string of the molecule is CCNC(=O)CNC(=O)Nc1cccc(C(=O)O)c1. The van der Waals surface area contributed by atoms with Gasteiger partial charge in [0.25, 0.3) is 0 Å². The zero-order chi connectivity index (χ0) is 14.3. The molecule has 0 aliphatic heterocycles. The molecule has 1 aromatic rings. The number of benzene rings is 1. The Morgan fingerprint density at radius 2 is 1.95 bits per heavy atom. The molecule has 0 aliphatic carbocycles. The molecule has 0 saturated heterocycles. The number of carboxylic acid groups (broad SMARTS) is 1. The second-order valence-corrected chi connectivity index (χ2v) is 3.65. The van der Waals surface area contributed by atoms with Crippen molar-refractivity contribution in [3.8, 4) is 0 Å². The van der Waals surface area contributed by atoms with Crippen molar-refractivity contribution in [1.82, 2.24) is 10.6 Å². The normalized spacial score (nSPS) is 9.53. The Balaban J connectivity index is 2.50. The smallest absolute Gasteiger partial charge is 0.335 e. The van der Waals surface area contributed by atoms with Gasteiger partial charge in [-0.05, 0) is 25.1 Å². The van der Waals surface area contributed by atoms with Crippen LogP contribution in [0.4, 0.5) is 10.5 Å². The minimum atomic E-state index is -1.08. The first kappa shape index (κ1) is 14.5. The van der Waals surface area contributed by atoms with Gasteiger partial charge in [-0.3, -0.25) is 4.79 Å². The van der Waals surface area contributed by atoms with Crippen LogP contribution in [-0.4, -0.2) is 36.1 Å². The maximum atomic E-state index is 11.5. The molecule has 4 N–H and O–H groups in total. The maximum Gasteiger partial charge on any atom is 0.335 e. The highest BCUT2D eigenvalue weighted by Gasteiger charge is 2.07. The van der Waals surface area contributed by atoms with Crippen molar-refractivity contribution >= 4 is 23.6 Å². The summed E-state index contributed by atoms with van der Waals surface area (Å²) in [5.74, 6) is -1.37. The molecule has 7 nitrogen and oxygen atoms in total. The summed E-state index contributed by atoms with van der Waals surface area (Å²) in [6.45, 7) is 2.12. The highest BCUT2D eigenvalue weighted by Crippen LogP contribution is 2.10. The average molecular weight is 265 g/mol. The van der Waals surface area contributed by atoms with Gasteiger partial charge in [0, 0.05) is 12.2 Å². The summed E-state index contributed by atoms with van der Waals surface area (Å²) >= 11 is 0. The monoisotopic (exact) mass is 265 g/mol. The van der Waals surface area contributed by atoms with Gasteiger partial charge in [-0.25, -0.2) is 9.59 Å². The molecular weight excluding hydrogens is 250 g/mol. The number of nitrogens with one attached hydrogen (secondary N) is 3. The molecule has 0 heterocycles. The van der Waals surface area contributed by atoms with Crippen molar-refractivity contribution in [3.05, 3.63) is 29.8 Å². The van der Waals surface area contributed by atoms with Crippen LogP contribution in [0.5, 0.6) is 0 Å². The third-order valence-electron chi connectivity index (χ3n) is 2.15. The van der Waals surface area contributed by atoms with Crippen LogP contribution in [0.15, 0.2) is 24.3 Å². The first-order valence-corrected chi connectivity index (χ1v) is 5.68. The van der Waals surface area contributed by atoms with Crippen molar-refractivity contribution in [2.24, 2.45) is 0 Å². The van der Waals surface area contributed by atoms with Gasteiger partial charge in [0.05, 0.1) is 12.1 Å². The fourth-order valence-electron chi connectivity index (χ4n) is 1.33. The van der Waals surface area contributed by atoms with E-state index in [2.05, 4.69) is 16.0 Å². The lowest BCUT2D eigenvalue weighted by atomic mass is 10.2. The zero-order valence-electron chi connectivity index (χ0n) is 10.4. The molecule has 1 aromatic carbocycles. The van der Waals surface area contributed by atoms with E-state index in [1.807, 2.05) is 0 Å². The summed E-state index contributed by atoms with van der Waals surface area (Å²) in [5.41, 5.74) is 0.412. The Labute approximate surface area is 110 Å². The van der Waals surface area contributed by atoms with Gasteiger partial charge in [0.15, 0.2) is 0 Å². The molecule has 0 unspecified atom stereocenters.